The Kier molecular flexibility index (Phi) is 6.30. The van der Waals surface area contributed by atoms with E-state index in [1.807, 2.05) is 24.3 Å². The number of carbonyl (C=O) groups excluding carboxylic acids is 3. The molecule has 37 heavy (non-hydrogen) atoms. The number of carbonyl (C=O) groups is 3. The van der Waals surface area contributed by atoms with Crippen molar-refractivity contribution in [2.75, 3.05) is 44.2 Å². The average molecular weight is 508 g/mol. The largest absolute Gasteiger partial charge is 0.369 e. The van der Waals surface area contributed by atoms with Gasteiger partial charge in [0.05, 0.1) is 12.1 Å². The van der Waals surface area contributed by atoms with Crippen molar-refractivity contribution in [3.63, 3.8) is 0 Å². The minimum atomic E-state index is -1.08. The Balaban J connectivity index is 1.15. The van der Waals surface area contributed by atoms with Crippen LogP contribution in [0.3, 0.4) is 0 Å². The number of piperazine rings is 1. The smallest absolute Gasteiger partial charge is 0.252 e. The molecule has 2 saturated carbocycles. The minimum Gasteiger partial charge on any atom is -0.369 e. The lowest BCUT2D eigenvalue weighted by Gasteiger charge is -2.36. The van der Waals surface area contributed by atoms with Gasteiger partial charge >= 0.3 is 0 Å². The number of amides is 2. The second kappa shape index (κ2) is 9.63. The number of anilines is 1. The lowest BCUT2D eigenvalue weighted by atomic mass is 9.93. The summed E-state index contributed by atoms with van der Waals surface area (Å²) in [5.74, 6) is -0.772. The van der Waals surface area contributed by atoms with E-state index in [0.29, 0.717) is 18.4 Å². The third kappa shape index (κ3) is 4.45. The van der Waals surface area contributed by atoms with Gasteiger partial charge in [-0.15, -0.1) is 0 Å². The van der Waals surface area contributed by atoms with Gasteiger partial charge in [-0.3, -0.25) is 19.3 Å². The van der Waals surface area contributed by atoms with Gasteiger partial charge in [0.15, 0.2) is 5.78 Å². The lowest BCUT2D eigenvalue weighted by molar-refractivity contribution is -0.142. The molecule has 2 aliphatic carbocycles. The number of hydrogen-bond acceptors (Lipinski definition) is 7. The van der Waals surface area contributed by atoms with Gasteiger partial charge in [-0.1, -0.05) is 18.0 Å². The summed E-state index contributed by atoms with van der Waals surface area (Å²) >= 11 is 0. The summed E-state index contributed by atoms with van der Waals surface area (Å²) in [7, 11) is 0. The number of benzene rings is 1. The number of ether oxygens (including phenoxy) is 1. The van der Waals surface area contributed by atoms with Crippen LogP contribution in [0.5, 0.6) is 0 Å². The number of Topliss-reactive ketones (excluding diaryl/α,β-unsaturated/α-hetero) is 1. The van der Waals surface area contributed by atoms with E-state index in [1.165, 1.54) is 17.7 Å². The standard InChI is InChI=1S/C26H33N7O4/c27-30-29-20-15-33(22-21(34)16-37-23(20)22)25(36)26(9-1-2-10-26)28-24(35)17-3-5-18(6-4-17)31-11-13-32(14-12-31)19-7-8-19/h3-6,19-20,22-23H,1-2,7-16H2,(H,28,35)/t20-,22-,23-/m1/s1. The highest BCUT2D eigenvalue weighted by Gasteiger charge is 2.56. The summed E-state index contributed by atoms with van der Waals surface area (Å²) in [5, 5.41) is 6.81. The van der Waals surface area contributed by atoms with E-state index in [-0.39, 0.29) is 30.7 Å². The zero-order valence-electron chi connectivity index (χ0n) is 20.9. The first-order valence-electron chi connectivity index (χ1n) is 13.4. The molecule has 11 nitrogen and oxygen atoms in total. The molecule has 5 aliphatic rings. The molecule has 1 N–H and O–H groups in total. The van der Waals surface area contributed by atoms with E-state index in [2.05, 4.69) is 25.1 Å². The Morgan fingerprint density at radius 2 is 1.78 bits per heavy atom. The highest BCUT2D eigenvalue weighted by Crippen LogP contribution is 2.37. The average Bonchev–Trinajstić information content (AvgIpc) is 3.38. The fourth-order valence-corrected chi connectivity index (χ4v) is 6.55. The maximum atomic E-state index is 13.9. The number of hydrogen-bond donors (Lipinski definition) is 1. The van der Waals surface area contributed by atoms with Crippen molar-refractivity contribution in [1.29, 1.82) is 0 Å². The third-order valence-corrected chi connectivity index (χ3v) is 8.71. The second-order valence-corrected chi connectivity index (χ2v) is 11.0. The summed E-state index contributed by atoms with van der Waals surface area (Å²) in [6, 6.07) is 7.01. The number of likely N-dealkylation sites (tertiary alicyclic amines) is 1. The van der Waals surface area contributed by atoms with Crippen LogP contribution in [0, 0.1) is 0 Å². The number of azide groups is 1. The van der Waals surface area contributed by atoms with E-state index in [0.717, 1.165) is 50.7 Å². The topological polar surface area (TPSA) is 131 Å². The normalized spacial score (nSPS) is 29.2. The van der Waals surface area contributed by atoms with E-state index < -0.39 is 23.7 Å². The van der Waals surface area contributed by atoms with Crippen molar-refractivity contribution >= 4 is 23.3 Å². The molecule has 196 valence electrons. The zero-order chi connectivity index (χ0) is 25.6. The highest BCUT2D eigenvalue weighted by atomic mass is 16.5. The zero-order valence-corrected chi connectivity index (χ0v) is 20.9. The van der Waals surface area contributed by atoms with Crippen LogP contribution in [0.1, 0.15) is 48.9 Å². The Hall–Kier alpha value is -3.14. The second-order valence-electron chi connectivity index (χ2n) is 11.0. The number of ketones is 1. The monoisotopic (exact) mass is 507 g/mol. The molecule has 5 fully saturated rings. The molecule has 1 aromatic carbocycles. The molecule has 3 saturated heterocycles. The summed E-state index contributed by atoms with van der Waals surface area (Å²) < 4.78 is 5.56. The fourth-order valence-electron chi connectivity index (χ4n) is 6.55. The Labute approximate surface area is 215 Å². The van der Waals surface area contributed by atoms with E-state index in [4.69, 9.17) is 10.3 Å². The molecule has 3 heterocycles. The number of fused-ring (bicyclic) bond motifs is 1. The SMILES string of the molecule is [N-]=[N+]=N[C@@H]1CN(C(=O)C2(NC(=O)c3ccc(N4CCN(C5CC5)CC4)cc3)CCCC2)[C@@H]2C(=O)CO[C@@H]21. The molecular formula is C26H33N7O4. The van der Waals surface area contributed by atoms with Gasteiger partial charge in [0.25, 0.3) is 5.91 Å². The Morgan fingerprint density at radius 1 is 1.08 bits per heavy atom. The molecule has 2 amide bonds. The van der Waals surface area contributed by atoms with Crippen molar-refractivity contribution in [2.45, 2.75) is 68.3 Å². The van der Waals surface area contributed by atoms with Crippen molar-refractivity contribution in [3.8, 4) is 0 Å². The molecule has 1 aromatic rings. The molecule has 0 unspecified atom stereocenters. The van der Waals surface area contributed by atoms with Crippen molar-refractivity contribution in [2.24, 2.45) is 5.11 Å². The number of nitrogens with one attached hydrogen (secondary N) is 1. The molecule has 0 spiro atoms. The quantitative estimate of drug-likeness (QED) is 0.355. The van der Waals surface area contributed by atoms with Crippen LogP contribution in [-0.2, 0) is 14.3 Å². The van der Waals surface area contributed by atoms with E-state index in [9.17, 15) is 14.4 Å². The van der Waals surface area contributed by atoms with Crippen molar-refractivity contribution in [1.82, 2.24) is 15.1 Å². The summed E-state index contributed by atoms with van der Waals surface area (Å²) in [5.41, 5.74) is 9.47. The van der Waals surface area contributed by atoms with Gasteiger partial charge in [0, 0.05) is 54.9 Å². The first-order valence-corrected chi connectivity index (χ1v) is 13.4. The molecule has 11 heteroatoms. The third-order valence-electron chi connectivity index (χ3n) is 8.71. The number of rotatable bonds is 6. The molecule has 0 aromatic heterocycles. The molecule has 6 rings (SSSR count). The van der Waals surface area contributed by atoms with Gasteiger partial charge in [0.2, 0.25) is 5.91 Å². The van der Waals surface area contributed by atoms with Crippen LogP contribution < -0.4 is 10.2 Å². The molecule has 3 atom stereocenters. The van der Waals surface area contributed by atoms with Crippen LogP contribution >= 0.6 is 0 Å². The maximum Gasteiger partial charge on any atom is 0.252 e. The first kappa shape index (κ1) is 24.2. The molecule has 3 aliphatic heterocycles. The van der Waals surface area contributed by atoms with Gasteiger partial charge in [-0.2, -0.15) is 0 Å². The summed E-state index contributed by atoms with van der Waals surface area (Å²) in [6.45, 7) is 4.13. The van der Waals surface area contributed by atoms with Crippen LogP contribution in [0.4, 0.5) is 5.69 Å². The lowest BCUT2D eigenvalue weighted by Crippen LogP contribution is -2.60. The molecular weight excluding hydrogens is 474 g/mol. The molecule has 0 bridgehead atoms. The van der Waals surface area contributed by atoms with Crippen LogP contribution in [0.15, 0.2) is 29.4 Å². The van der Waals surface area contributed by atoms with Crippen molar-refractivity contribution < 1.29 is 19.1 Å². The predicted molar refractivity (Wildman–Crippen MR) is 135 cm³/mol. The van der Waals surface area contributed by atoms with Crippen LogP contribution in [0.2, 0.25) is 0 Å². The van der Waals surface area contributed by atoms with Crippen LogP contribution in [0.25, 0.3) is 10.4 Å². The molecule has 0 radical (unpaired) electrons. The van der Waals surface area contributed by atoms with Gasteiger partial charge in [-0.05, 0) is 55.5 Å². The summed E-state index contributed by atoms with van der Waals surface area (Å²) in [4.78, 5) is 49.0. The van der Waals surface area contributed by atoms with Crippen molar-refractivity contribution in [3.05, 3.63) is 40.3 Å². The Morgan fingerprint density at radius 3 is 2.43 bits per heavy atom. The highest BCUT2D eigenvalue weighted by molar-refractivity contribution is 6.01. The van der Waals surface area contributed by atoms with E-state index >= 15 is 0 Å². The number of nitrogens with zero attached hydrogens (tertiary/aromatic N) is 6. The summed E-state index contributed by atoms with van der Waals surface area (Å²) in [6.07, 6.45) is 4.66. The van der Waals surface area contributed by atoms with E-state index in [1.54, 1.807) is 0 Å². The minimum absolute atomic E-state index is 0.0993. The predicted octanol–water partition coefficient (Wildman–Crippen LogP) is 1.87. The Bertz CT molecular complexity index is 1120. The van der Waals surface area contributed by atoms with Gasteiger partial charge < -0.3 is 19.9 Å². The first-order chi connectivity index (χ1) is 18.0. The van der Waals surface area contributed by atoms with Crippen LogP contribution in [-0.4, -0.2) is 96.5 Å². The van der Waals surface area contributed by atoms with Gasteiger partial charge in [-0.25, -0.2) is 0 Å². The maximum absolute atomic E-state index is 13.9. The van der Waals surface area contributed by atoms with Gasteiger partial charge in [0.1, 0.15) is 18.2 Å². The fraction of sp³-hybridized carbons (Fsp3) is 0.654.